The monoisotopic (exact) mass is 298 g/mol. The molecule has 100 valence electrons. The Labute approximate surface area is 120 Å². The molecule has 0 spiro atoms. The third-order valence-corrected chi connectivity index (χ3v) is 2.98. The highest BCUT2D eigenvalue weighted by atomic mass is 35.5. The van der Waals surface area contributed by atoms with E-state index in [4.69, 9.17) is 33.8 Å². The van der Waals surface area contributed by atoms with Crippen LogP contribution in [-0.4, -0.2) is 9.97 Å². The number of nitrogens with two attached hydrogens (primary N) is 1. The summed E-state index contributed by atoms with van der Waals surface area (Å²) in [6.45, 7) is 3.55. The maximum absolute atomic E-state index is 6.05. The molecule has 0 saturated carbocycles. The molecule has 7 heteroatoms. The van der Waals surface area contributed by atoms with Crippen molar-refractivity contribution in [1.29, 1.82) is 0 Å². The Morgan fingerprint density at radius 3 is 2.58 bits per heavy atom. The molecule has 0 radical (unpaired) electrons. The van der Waals surface area contributed by atoms with Gasteiger partial charge in [-0.1, -0.05) is 23.2 Å². The van der Waals surface area contributed by atoms with Gasteiger partial charge in [0.2, 0.25) is 5.88 Å². The fourth-order valence-corrected chi connectivity index (χ4v) is 1.95. The average molecular weight is 299 g/mol. The molecule has 1 heterocycles. The van der Waals surface area contributed by atoms with Gasteiger partial charge in [0.15, 0.2) is 0 Å². The van der Waals surface area contributed by atoms with Crippen LogP contribution in [0.4, 0.5) is 5.82 Å². The number of nitrogen functional groups attached to an aromatic ring is 1. The van der Waals surface area contributed by atoms with Gasteiger partial charge in [-0.05, 0) is 32.0 Å². The summed E-state index contributed by atoms with van der Waals surface area (Å²) in [4.78, 5) is 8.37. The summed E-state index contributed by atoms with van der Waals surface area (Å²) in [6, 6.07) is 4.97. The highest BCUT2D eigenvalue weighted by molar-refractivity contribution is 6.35. The Kier molecular flexibility index (Phi) is 4.09. The molecule has 19 heavy (non-hydrogen) atoms. The number of hydrogen-bond acceptors (Lipinski definition) is 5. The molecule has 1 aromatic heterocycles. The first-order chi connectivity index (χ1) is 9.01. The van der Waals surface area contributed by atoms with E-state index >= 15 is 0 Å². The maximum atomic E-state index is 6.05. The molecular formula is C12H12Cl2N4O. The zero-order valence-corrected chi connectivity index (χ0v) is 11.9. The van der Waals surface area contributed by atoms with Crippen molar-refractivity contribution in [2.24, 2.45) is 5.84 Å². The zero-order chi connectivity index (χ0) is 14.0. The molecular weight excluding hydrogens is 287 g/mol. The third kappa shape index (κ3) is 3.07. The molecule has 0 aliphatic heterocycles. The number of anilines is 1. The lowest BCUT2D eigenvalue weighted by Crippen LogP contribution is -2.12. The molecule has 0 amide bonds. The second-order valence-corrected chi connectivity index (χ2v) is 4.71. The van der Waals surface area contributed by atoms with Gasteiger partial charge in [-0.3, -0.25) is 0 Å². The second-order valence-electron chi connectivity index (χ2n) is 3.87. The number of nitrogens with zero attached hydrogens (tertiary/aromatic N) is 2. The van der Waals surface area contributed by atoms with E-state index in [1.165, 1.54) is 0 Å². The van der Waals surface area contributed by atoms with Crippen molar-refractivity contribution in [3.63, 3.8) is 0 Å². The molecule has 2 rings (SSSR count). The number of halogens is 2. The second kappa shape index (κ2) is 5.61. The van der Waals surface area contributed by atoms with Crippen molar-refractivity contribution >= 4 is 29.0 Å². The number of ether oxygens (including phenoxy) is 1. The van der Waals surface area contributed by atoms with Crippen molar-refractivity contribution in [3.05, 3.63) is 39.6 Å². The molecule has 0 bridgehead atoms. The average Bonchev–Trinajstić information content (AvgIpc) is 2.36. The van der Waals surface area contributed by atoms with Crippen LogP contribution < -0.4 is 16.0 Å². The summed E-state index contributed by atoms with van der Waals surface area (Å²) in [5.41, 5.74) is 3.19. The molecule has 0 saturated heterocycles. The molecule has 5 nitrogen and oxygen atoms in total. The minimum Gasteiger partial charge on any atom is -0.437 e. The Morgan fingerprint density at radius 1 is 1.21 bits per heavy atom. The van der Waals surface area contributed by atoms with Crippen molar-refractivity contribution in [2.45, 2.75) is 13.8 Å². The third-order valence-electron chi connectivity index (χ3n) is 2.45. The topological polar surface area (TPSA) is 73.1 Å². The first-order valence-corrected chi connectivity index (χ1v) is 6.21. The molecule has 1 aromatic carbocycles. The van der Waals surface area contributed by atoms with E-state index in [0.717, 1.165) is 0 Å². The summed E-state index contributed by atoms with van der Waals surface area (Å²) >= 11 is 11.9. The molecule has 2 aromatic rings. The van der Waals surface area contributed by atoms with Crippen LogP contribution in [0.2, 0.25) is 10.0 Å². The van der Waals surface area contributed by atoms with Crippen molar-refractivity contribution < 1.29 is 4.74 Å². The lowest BCUT2D eigenvalue weighted by Gasteiger charge is -2.12. The number of aryl methyl sites for hydroxylation is 1. The summed E-state index contributed by atoms with van der Waals surface area (Å²) < 4.78 is 5.68. The van der Waals surface area contributed by atoms with Crippen LogP contribution in [0.3, 0.4) is 0 Å². The summed E-state index contributed by atoms with van der Waals surface area (Å²) in [5, 5.41) is 0.947. The van der Waals surface area contributed by atoms with E-state index in [1.54, 1.807) is 32.0 Å². The van der Waals surface area contributed by atoms with Crippen LogP contribution in [0.25, 0.3) is 0 Å². The van der Waals surface area contributed by atoms with Crippen LogP contribution in [0.5, 0.6) is 11.6 Å². The number of rotatable bonds is 3. The molecule has 3 N–H and O–H groups in total. The lowest BCUT2D eigenvalue weighted by molar-refractivity contribution is 0.456. The van der Waals surface area contributed by atoms with E-state index in [-0.39, 0.29) is 0 Å². The van der Waals surface area contributed by atoms with E-state index in [9.17, 15) is 0 Å². The Morgan fingerprint density at radius 2 is 1.95 bits per heavy atom. The predicted octanol–water partition coefficient (Wildman–Crippen LogP) is 3.48. The van der Waals surface area contributed by atoms with E-state index < -0.39 is 0 Å². The van der Waals surface area contributed by atoms with Crippen LogP contribution >= 0.6 is 23.2 Å². The maximum Gasteiger partial charge on any atom is 0.227 e. The van der Waals surface area contributed by atoms with Crippen LogP contribution in [-0.2, 0) is 0 Å². The van der Waals surface area contributed by atoms with Gasteiger partial charge in [0.1, 0.15) is 17.4 Å². The number of hydrazine groups is 1. The Balaban J connectivity index is 2.40. The number of hydrogen-bond donors (Lipinski definition) is 2. The minimum atomic E-state index is 0.393. The van der Waals surface area contributed by atoms with Gasteiger partial charge in [-0.25, -0.2) is 10.8 Å². The summed E-state index contributed by atoms with van der Waals surface area (Å²) in [5.74, 6) is 7.30. The van der Waals surface area contributed by atoms with Crippen LogP contribution in [0, 0.1) is 13.8 Å². The van der Waals surface area contributed by atoms with Crippen molar-refractivity contribution in [2.75, 3.05) is 5.43 Å². The smallest absolute Gasteiger partial charge is 0.227 e. The van der Waals surface area contributed by atoms with Crippen molar-refractivity contribution in [1.82, 2.24) is 9.97 Å². The Bertz CT molecular complexity index is 619. The Hall–Kier alpha value is -1.56. The van der Waals surface area contributed by atoms with Crippen LogP contribution in [0.15, 0.2) is 18.2 Å². The van der Waals surface area contributed by atoms with E-state index in [0.29, 0.717) is 38.9 Å². The van der Waals surface area contributed by atoms with Crippen molar-refractivity contribution in [3.8, 4) is 11.6 Å². The van der Waals surface area contributed by atoms with Gasteiger partial charge in [-0.2, -0.15) is 4.98 Å². The number of aromatic nitrogens is 2. The number of nitrogens with one attached hydrogen (secondary N) is 1. The lowest BCUT2D eigenvalue weighted by atomic mass is 10.3. The van der Waals surface area contributed by atoms with E-state index in [1.807, 2.05) is 0 Å². The predicted molar refractivity (Wildman–Crippen MR) is 75.9 cm³/mol. The quantitative estimate of drug-likeness (QED) is 0.670. The highest BCUT2D eigenvalue weighted by Crippen LogP contribution is 2.33. The first-order valence-electron chi connectivity index (χ1n) is 5.46. The normalized spacial score (nSPS) is 10.4. The highest BCUT2D eigenvalue weighted by Gasteiger charge is 2.12. The fourth-order valence-electron chi connectivity index (χ4n) is 1.50. The molecule has 0 fully saturated rings. The molecule has 0 aliphatic rings. The fraction of sp³-hybridized carbons (Fsp3) is 0.167. The first kappa shape index (κ1) is 13.9. The largest absolute Gasteiger partial charge is 0.437 e. The SMILES string of the molecule is Cc1nc(NN)c(C)c(Oc2ccc(Cl)cc2Cl)n1. The summed E-state index contributed by atoms with van der Waals surface area (Å²) in [6.07, 6.45) is 0. The van der Waals surface area contributed by atoms with E-state index in [2.05, 4.69) is 15.4 Å². The van der Waals surface area contributed by atoms with Gasteiger partial charge in [-0.15, -0.1) is 0 Å². The van der Waals surface area contributed by atoms with Gasteiger partial charge < -0.3 is 10.2 Å². The summed E-state index contributed by atoms with van der Waals surface area (Å²) in [7, 11) is 0. The molecule has 0 atom stereocenters. The van der Waals surface area contributed by atoms with Gasteiger partial charge in [0, 0.05) is 5.02 Å². The molecule has 0 unspecified atom stereocenters. The minimum absolute atomic E-state index is 0.393. The van der Waals surface area contributed by atoms with Gasteiger partial charge in [0.25, 0.3) is 0 Å². The van der Waals surface area contributed by atoms with Gasteiger partial charge >= 0.3 is 0 Å². The van der Waals surface area contributed by atoms with Crippen LogP contribution in [0.1, 0.15) is 11.4 Å². The van der Waals surface area contributed by atoms with Gasteiger partial charge in [0.05, 0.1) is 10.6 Å². The standard InChI is InChI=1S/C12H12Cl2N4O/c1-6-11(18-15)16-7(2)17-12(6)19-10-4-3-8(13)5-9(10)14/h3-5H,15H2,1-2H3,(H,16,17,18). The zero-order valence-electron chi connectivity index (χ0n) is 10.4. The molecule has 0 aliphatic carbocycles. The number of benzene rings is 1.